The molecule has 0 fully saturated rings. The molecule has 0 aliphatic heterocycles. The zero-order chi connectivity index (χ0) is 23.0. The molecule has 0 radical (unpaired) electrons. The van der Waals surface area contributed by atoms with Gasteiger partial charge in [-0.05, 0) is 43.0 Å². The molecule has 1 N–H and O–H groups in total. The summed E-state index contributed by atoms with van der Waals surface area (Å²) in [5.74, 6) is -0.167. The van der Waals surface area contributed by atoms with E-state index in [4.69, 9.17) is 5.73 Å². The molecule has 0 saturated carbocycles. The van der Waals surface area contributed by atoms with Crippen LogP contribution in [0.1, 0.15) is 45.5 Å². The van der Waals surface area contributed by atoms with Crippen LogP contribution in [0, 0.1) is 28.2 Å². The maximum atomic E-state index is 13.0. The van der Waals surface area contributed by atoms with Crippen molar-refractivity contribution in [1.29, 1.82) is 0 Å². The van der Waals surface area contributed by atoms with Crippen molar-refractivity contribution in [1.82, 2.24) is 0 Å². The molecule has 172 valence electrons. The average molecular weight is 558 g/mol. The van der Waals surface area contributed by atoms with E-state index in [1.807, 2.05) is 111 Å². The van der Waals surface area contributed by atoms with Gasteiger partial charge in [-0.25, -0.2) is 8.42 Å². The van der Waals surface area contributed by atoms with E-state index in [2.05, 4.69) is 14.4 Å². The van der Waals surface area contributed by atoms with Crippen LogP contribution >= 0.6 is 9.69 Å². The molecule has 2 unspecified atom stereocenters. The third-order valence-electron chi connectivity index (χ3n) is 5.23. The fraction of sp³-hybridized carbons (Fsp3) is 0.240. The number of benzene rings is 3. The number of nitrogens with zero attached hydrogens (tertiary/aromatic N) is 1. The summed E-state index contributed by atoms with van der Waals surface area (Å²) in [6.45, 7) is 6.00. The first-order valence-electron chi connectivity index (χ1n) is 9.73. The van der Waals surface area contributed by atoms with E-state index in [0.717, 1.165) is 27.8 Å². The van der Waals surface area contributed by atoms with Crippen LogP contribution in [-0.4, -0.2) is 8.42 Å². The standard InChI is InChI=1S/C24H26N2O2S.CH3.ClH.Ru/c1-17-14-20(15-18(2)19(17)3)16-29(27,28)26-24(22-12-8-5-9-13-22)23(25)21-10-6-4-7-11-21;;;/h4-15,23-25H,16H2,1-3H3;1H3;1H;/q-2;-1;;+4/p-1. The molecule has 3 aromatic rings. The van der Waals surface area contributed by atoms with E-state index in [-0.39, 0.29) is 13.2 Å². The van der Waals surface area contributed by atoms with Gasteiger partial charge in [-0.15, -0.1) is 12.1 Å². The molecule has 0 amide bonds. The fourth-order valence-corrected chi connectivity index (χ4v) is 4.69. The number of hydrogen-bond acceptors (Lipinski definition) is 2. The van der Waals surface area contributed by atoms with Crippen LogP contribution in [0.3, 0.4) is 0 Å². The van der Waals surface area contributed by atoms with Crippen LogP contribution in [0.25, 0.3) is 10.5 Å². The Labute approximate surface area is 207 Å². The Hall–Kier alpha value is -1.56. The molecular weight excluding hydrogens is 529 g/mol. The van der Waals surface area contributed by atoms with Gasteiger partial charge in [-0.2, -0.15) is 0 Å². The van der Waals surface area contributed by atoms with Gasteiger partial charge in [0.05, 0.1) is 15.8 Å². The van der Waals surface area contributed by atoms with Crippen LogP contribution in [0.2, 0.25) is 0 Å². The molecule has 0 heterocycles. The van der Waals surface area contributed by atoms with Gasteiger partial charge in [-0.1, -0.05) is 83.9 Å². The van der Waals surface area contributed by atoms with Gasteiger partial charge in [0, 0.05) is 0 Å². The van der Waals surface area contributed by atoms with E-state index in [1.165, 1.54) is 5.56 Å². The Morgan fingerprint density at radius 1 is 0.875 bits per heavy atom. The molecule has 0 spiro atoms. The van der Waals surface area contributed by atoms with Gasteiger partial charge in [-0.3, -0.25) is 0 Å². The summed E-state index contributed by atoms with van der Waals surface area (Å²) in [6, 6.07) is 20.7. The van der Waals surface area contributed by atoms with Crippen molar-refractivity contribution in [3.05, 3.63) is 124 Å². The third-order valence-corrected chi connectivity index (χ3v) is 6.47. The molecule has 0 bridgehead atoms. The molecule has 2 atom stereocenters. The molecular formula is C25H29ClN2O2RuS. The Bertz CT molecular complexity index is 1050. The van der Waals surface area contributed by atoms with Crippen LogP contribution < -0.4 is 0 Å². The predicted octanol–water partition coefficient (Wildman–Crippen LogP) is 7.49. The summed E-state index contributed by atoms with van der Waals surface area (Å²) in [6.07, 6.45) is 0. The first kappa shape index (κ1) is 28.5. The summed E-state index contributed by atoms with van der Waals surface area (Å²) >= 11 is 1.82. The zero-order valence-electron chi connectivity index (χ0n) is 18.7. The van der Waals surface area contributed by atoms with Gasteiger partial charge in [0.25, 0.3) is 0 Å². The second kappa shape index (κ2) is 13.2. The maximum absolute atomic E-state index is 13.0. The minimum atomic E-state index is -3.78. The number of sulfonamides is 1. The van der Waals surface area contributed by atoms with Crippen molar-refractivity contribution in [2.24, 2.45) is 0 Å². The van der Waals surface area contributed by atoms with E-state index < -0.39 is 22.1 Å². The molecule has 0 aliphatic carbocycles. The summed E-state index contributed by atoms with van der Waals surface area (Å²) in [7, 11) is 0.793. The molecule has 32 heavy (non-hydrogen) atoms. The first-order valence-corrected chi connectivity index (χ1v) is 13.6. The normalized spacial score (nSPS) is 12.7. The van der Waals surface area contributed by atoms with Gasteiger partial charge in [0.15, 0.2) is 0 Å². The Morgan fingerprint density at radius 2 is 1.31 bits per heavy atom. The van der Waals surface area contributed by atoms with E-state index in [0.29, 0.717) is 0 Å². The van der Waals surface area contributed by atoms with E-state index in [1.54, 1.807) is 0 Å². The van der Waals surface area contributed by atoms with Crippen LogP contribution in [-0.2, 0) is 33.1 Å². The van der Waals surface area contributed by atoms with Crippen molar-refractivity contribution >= 4 is 19.7 Å². The predicted molar refractivity (Wildman–Crippen MR) is 132 cm³/mol. The minimum absolute atomic E-state index is 0. The summed E-state index contributed by atoms with van der Waals surface area (Å²) in [5, 5.41) is 0. The van der Waals surface area contributed by atoms with Crippen molar-refractivity contribution in [3.63, 3.8) is 0 Å². The molecule has 0 aromatic heterocycles. The Kier molecular flexibility index (Phi) is 11.8. The number of halogens is 1. The Balaban J connectivity index is 0.00000166. The summed E-state index contributed by atoms with van der Waals surface area (Å²) in [4.78, 5) is 0. The van der Waals surface area contributed by atoms with Gasteiger partial charge in [0.2, 0.25) is 0 Å². The monoisotopic (exact) mass is 558 g/mol. The van der Waals surface area contributed by atoms with Gasteiger partial charge >= 0.3 is 27.0 Å². The summed E-state index contributed by atoms with van der Waals surface area (Å²) in [5.41, 5.74) is 14.2. The number of aryl methyl sites for hydroxylation is 2. The molecule has 0 aliphatic rings. The second-order valence-electron chi connectivity index (χ2n) is 7.43. The van der Waals surface area contributed by atoms with E-state index >= 15 is 0 Å². The van der Waals surface area contributed by atoms with Crippen molar-refractivity contribution in [2.45, 2.75) is 38.6 Å². The molecule has 3 aromatic carbocycles. The third kappa shape index (κ3) is 7.79. The van der Waals surface area contributed by atoms with Crippen molar-refractivity contribution in [2.75, 3.05) is 0 Å². The van der Waals surface area contributed by atoms with Gasteiger partial charge in [0.1, 0.15) is 0 Å². The fourth-order valence-electron chi connectivity index (χ4n) is 3.44. The number of hydrogen-bond donors (Lipinski definition) is 0. The molecule has 0 saturated heterocycles. The summed E-state index contributed by atoms with van der Waals surface area (Å²) < 4.78 is 30.2. The average Bonchev–Trinajstić information content (AvgIpc) is 2.77. The van der Waals surface area contributed by atoms with Gasteiger partial charge < -0.3 is 17.9 Å². The topological polar surface area (TPSA) is 72.0 Å². The SMILES string of the molecule is Cc1cc(CS(=O)(=O)[N-]C(c2ccccc2)C([NH-])c2ccccc2)cc(C)c1C.[CH3-].[Cl][Ru+3]. The van der Waals surface area contributed by atoms with Crippen molar-refractivity contribution in [3.8, 4) is 0 Å². The zero-order valence-corrected chi connectivity index (χ0v) is 22.0. The number of rotatable bonds is 7. The number of nitrogens with one attached hydrogen (secondary N) is 1. The first-order chi connectivity index (χ1) is 14.8. The van der Waals surface area contributed by atoms with Crippen molar-refractivity contribution < 1.29 is 25.7 Å². The Morgan fingerprint density at radius 3 is 1.78 bits per heavy atom. The van der Waals surface area contributed by atoms with Crippen LogP contribution in [0.4, 0.5) is 0 Å². The van der Waals surface area contributed by atoms with Crippen LogP contribution in [0.15, 0.2) is 72.8 Å². The molecule has 4 nitrogen and oxygen atoms in total. The van der Waals surface area contributed by atoms with Crippen LogP contribution in [0.5, 0.6) is 0 Å². The quantitative estimate of drug-likeness (QED) is 0.223. The molecule has 3 rings (SSSR count). The second-order valence-corrected chi connectivity index (χ2v) is 9.09. The molecule has 7 heteroatoms. The van der Waals surface area contributed by atoms with E-state index in [9.17, 15) is 8.42 Å².